The summed E-state index contributed by atoms with van der Waals surface area (Å²) < 4.78 is 10.7. The van der Waals surface area contributed by atoms with E-state index < -0.39 is 11.2 Å². The Bertz CT molecular complexity index is 391. The lowest BCUT2D eigenvalue weighted by molar-refractivity contribution is -0.384. The standard InChI is InChI=1S/C11H14ClNO4/c1-3-16-11(17-4-2)8-5-6-9(12)10(7-8)13(14)15/h5-7,11H,3-4H2,1-2H3. The maximum atomic E-state index is 10.8. The molecule has 17 heavy (non-hydrogen) atoms. The zero-order chi connectivity index (χ0) is 12.8. The maximum absolute atomic E-state index is 10.8. The quantitative estimate of drug-likeness (QED) is 0.447. The maximum Gasteiger partial charge on any atom is 0.288 e. The topological polar surface area (TPSA) is 61.6 Å². The van der Waals surface area contributed by atoms with Gasteiger partial charge in [-0.3, -0.25) is 10.1 Å². The second-order valence-electron chi connectivity index (χ2n) is 3.21. The van der Waals surface area contributed by atoms with Crippen molar-refractivity contribution in [3.8, 4) is 0 Å². The Morgan fingerprint density at radius 2 is 1.94 bits per heavy atom. The summed E-state index contributed by atoms with van der Waals surface area (Å²) in [7, 11) is 0. The molecule has 0 saturated carbocycles. The Hall–Kier alpha value is -1.17. The lowest BCUT2D eigenvalue weighted by Crippen LogP contribution is -2.09. The van der Waals surface area contributed by atoms with Crippen LogP contribution in [0.25, 0.3) is 0 Å². The van der Waals surface area contributed by atoms with Crippen LogP contribution < -0.4 is 0 Å². The number of halogens is 1. The van der Waals surface area contributed by atoms with Crippen molar-refractivity contribution in [1.82, 2.24) is 0 Å². The molecule has 0 heterocycles. The molecule has 0 aliphatic rings. The lowest BCUT2D eigenvalue weighted by atomic mass is 10.2. The van der Waals surface area contributed by atoms with Crippen molar-refractivity contribution in [1.29, 1.82) is 0 Å². The molecule has 1 rings (SSSR count). The van der Waals surface area contributed by atoms with Gasteiger partial charge in [0.2, 0.25) is 0 Å². The van der Waals surface area contributed by atoms with Crippen molar-refractivity contribution in [3.05, 3.63) is 38.9 Å². The van der Waals surface area contributed by atoms with Crippen molar-refractivity contribution in [2.24, 2.45) is 0 Å². The van der Waals surface area contributed by atoms with E-state index in [1.165, 1.54) is 12.1 Å². The van der Waals surface area contributed by atoms with E-state index in [4.69, 9.17) is 21.1 Å². The van der Waals surface area contributed by atoms with Crippen molar-refractivity contribution in [3.63, 3.8) is 0 Å². The predicted octanol–water partition coefficient (Wildman–Crippen LogP) is 3.32. The summed E-state index contributed by atoms with van der Waals surface area (Å²) in [4.78, 5) is 10.2. The number of hydrogen-bond acceptors (Lipinski definition) is 4. The van der Waals surface area contributed by atoms with E-state index in [9.17, 15) is 10.1 Å². The summed E-state index contributed by atoms with van der Waals surface area (Å²) in [5, 5.41) is 10.9. The Morgan fingerprint density at radius 3 is 2.41 bits per heavy atom. The van der Waals surface area contributed by atoms with E-state index in [1.54, 1.807) is 6.07 Å². The van der Waals surface area contributed by atoms with Gasteiger partial charge in [-0.05, 0) is 19.9 Å². The van der Waals surface area contributed by atoms with Crippen LogP contribution in [-0.4, -0.2) is 18.1 Å². The summed E-state index contributed by atoms with van der Waals surface area (Å²) in [6.45, 7) is 4.58. The summed E-state index contributed by atoms with van der Waals surface area (Å²) in [5.74, 6) is 0. The minimum atomic E-state index is -0.596. The van der Waals surface area contributed by atoms with Gasteiger partial charge < -0.3 is 9.47 Å². The normalized spacial score (nSPS) is 10.8. The second kappa shape index (κ2) is 6.54. The number of nitrogens with zero attached hydrogens (tertiary/aromatic N) is 1. The molecule has 0 aliphatic heterocycles. The molecule has 0 N–H and O–H groups in total. The van der Waals surface area contributed by atoms with Crippen LogP contribution in [0.15, 0.2) is 18.2 Å². The minimum Gasteiger partial charge on any atom is -0.349 e. The first-order valence-corrected chi connectivity index (χ1v) is 5.65. The van der Waals surface area contributed by atoms with Gasteiger partial charge in [0.1, 0.15) is 5.02 Å². The molecule has 1 aromatic rings. The highest BCUT2D eigenvalue weighted by molar-refractivity contribution is 6.32. The molecule has 6 heteroatoms. The third-order valence-corrected chi connectivity index (χ3v) is 2.39. The molecule has 0 fully saturated rings. The van der Waals surface area contributed by atoms with E-state index in [0.29, 0.717) is 18.8 Å². The fourth-order valence-electron chi connectivity index (χ4n) is 1.36. The van der Waals surface area contributed by atoms with Crippen molar-refractivity contribution in [2.75, 3.05) is 13.2 Å². The Morgan fingerprint density at radius 1 is 1.35 bits per heavy atom. The number of rotatable bonds is 6. The molecule has 0 amide bonds. The molecule has 0 aliphatic carbocycles. The van der Waals surface area contributed by atoms with Crippen molar-refractivity contribution >= 4 is 17.3 Å². The second-order valence-corrected chi connectivity index (χ2v) is 3.62. The van der Waals surface area contributed by atoms with Crippen LogP contribution in [0.4, 0.5) is 5.69 Å². The van der Waals surface area contributed by atoms with Gasteiger partial charge in [0.15, 0.2) is 6.29 Å². The van der Waals surface area contributed by atoms with Gasteiger partial charge in [-0.2, -0.15) is 0 Å². The minimum absolute atomic E-state index is 0.102. The van der Waals surface area contributed by atoms with Gasteiger partial charge in [-0.15, -0.1) is 0 Å². The van der Waals surface area contributed by atoms with Crippen LogP contribution in [0.2, 0.25) is 5.02 Å². The van der Waals surface area contributed by atoms with Crippen LogP contribution in [0.5, 0.6) is 0 Å². The molecule has 5 nitrogen and oxygen atoms in total. The first kappa shape index (κ1) is 13.9. The summed E-state index contributed by atoms with van der Waals surface area (Å²) >= 11 is 5.73. The molecule has 0 radical (unpaired) electrons. The van der Waals surface area contributed by atoms with Gasteiger partial charge in [0.25, 0.3) is 5.69 Å². The SMILES string of the molecule is CCOC(OCC)c1ccc(Cl)c([N+](=O)[O-])c1. The molecular formula is C11H14ClNO4. The van der Waals surface area contributed by atoms with Crippen LogP contribution in [0.1, 0.15) is 25.7 Å². The highest BCUT2D eigenvalue weighted by atomic mass is 35.5. The molecular weight excluding hydrogens is 246 g/mol. The van der Waals surface area contributed by atoms with E-state index in [-0.39, 0.29) is 10.7 Å². The highest BCUT2D eigenvalue weighted by Crippen LogP contribution is 2.29. The molecule has 1 aromatic carbocycles. The van der Waals surface area contributed by atoms with Crippen molar-refractivity contribution < 1.29 is 14.4 Å². The molecule has 0 atom stereocenters. The molecule has 0 spiro atoms. The molecule has 0 bridgehead atoms. The first-order chi connectivity index (χ1) is 8.10. The summed E-state index contributed by atoms with van der Waals surface area (Å²) in [6, 6.07) is 4.50. The summed E-state index contributed by atoms with van der Waals surface area (Å²) in [6.07, 6.45) is -0.596. The Labute approximate surface area is 104 Å². The molecule has 94 valence electrons. The third-order valence-electron chi connectivity index (χ3n) is 2.08. The van der Waals surface area contributed by atoms with Crippen molar-refractivity contribution in [2.45, 2.75) is 20.1 Å². The Balaban J connectivity index is 3.03. The smallest absolute Gasteiger partial charge is 0.288 e. The largest absolute Gasteiger partial charge is 0.349 e. The van der Waals surface area contributed by atoms with Gasteiger partial charge in [0.05, 0.1) is 4.92 Å². The van der Waals surface area contributed by atoms with E-state index in [2.05, 4.69) is 0 Å². The number of ether oxygens (including phenoxy) is 2. The zero-order valence-corrected chi connectivity index (χ0v) is 10.4. The van der Waals surface area contributed by atoms with Gasteiger partial charge in [-0.25, -0.2) is 0 Å². The summed E-state index contributed by atoms with van der Waals surface area (Å²) in [5.41, 5.74) is 0.443. The third kappa shape index (κ3) is 3.66. The van der Waals surface area contributed by atoms with E-state index >= 15 is 0 Å². The van der Waals surface area contributed by atoms with E-state index in [0.717, 1.165) is 0 Å². The van der Waals surface area contributed by atoms with E-state index in [1.807, 2.05) is 13.8 Å². The van der Waals surface area contributed by atoms with Gasteiger partial charge in [0, 0.05) is 24.8 Å². The monoisotopic (exact) mass is 259 g/mol. The predicted molar refractivity (Wildman–Crippen MR) is 64.1 cm³/mol. The fourth-order valence-corrected chi connectivity index (χ4v) is 1.55. The molecule has 0 aromatic heterocycles. The number of hydrogen-bond donors (Lipinski definition) is 0. The number of benzene rings is 1. The number of nitro groups is 1. The fraction of sp³-hybridized carbons (Fsp3) is 0.455. The molecule has 0 unspecified atom stereocenters. The lowest BCUT2D eigenvalue weighted by Gasteiger charge is -2.17. The Kier molecular flexibility index (Phi) is 5.34. The highest BCUT2D eigenvalue weighted by Gasteiger charge is 2.18. The average molecular weight is 260 g/mol. The van der Waals surface area contributed by atoms with Crippen LogP contribution in [0.3, 0.4) is 0 Å². The number of nitro benzene ring substituents is 1. The first-order valence-electron chi connectivity index (χ1n) is 5.27. The zero-order valence-electron chi connectivity index (χ0n) is 9.68. The van der Waals surface area contributed by atoms with Crippen LogP contribution >= 0.6 is 11.6 Å². The average Bonchev–Trinajstić information content (AvgIpc) is 2.29. The van der Waals surface area contributed by atoms with Gasteiger partial charge >= 0.3 is 0 Å². The van der Waals surface area contributed by atoms with Gasteiger partial charge in [-0.1, -0.05) is 17.7 Å². The molecule has 0 saturated heterocycles. The van der Waals surface area contributed by atoms with Crippen LogP contribution in [0, 0.1) is 10.1 Å². The van der Waals surface area contributed by atoms with Crippen LogP contribution in [-0.2, 0) is 9.47 Å².